The Morgan fingerprint density at radius 1 is 1.37 bits per heavy atom. The van der Waals surface area contributed by atoms with Gasteiger partial charge in [0.15, 0.2) is 0 Å². The van der Waals surface area contributed by atoms with Gasteiger partial charge in [0.25, 0.3) is 0 Å². The van der Waals surface area contributed by atoms with Crippen LogP contribution < -0.4 is 5.32 Å². The Bertz CT molecular complexity index is 446. The van der Waals surface area contributed by atoms with Crippen LogP contribution in [0, 0.1) is 0 Å². The molecule has 1 aliphatic rings. The molecule has 1 saturated heterocycles. The molecule has 0 radical (unpaired) electrons. The average molecular weight is 261 g/mol. The largest absolute Gasteiger partial charge is 0.469 e. The van der Waals surface area contributed by atoms with Crippen molar-refractivity contribution in [2.24, 2.45) is 0 Å². The van der Waals surface area contributed by atoms with Crippen molar-refractivity contribution < 1.29 is 14.3 Å². The van der Waals surface area contributed by atoms with E-state index in [4.69, 9.17) is 4.74 Å². The van der Waals surface area contributed by atoms with E-state index in [0.29, 0.717) is 25.8 Å². The molecule has 1 heterocycles. The zero-order chi connectivity index (χ0) is 13.7. The van der Waals surface area contributed by atoms with Crippen LogP contribution >= 0.6 is 0 Å². The van der Waals surface area contributed by atoms with Gasteiger partial charge >= 0.3 is 5.97 Å². The normalized spacial score (nSPS) is 22.7. The van der Waals surface area contributed by atoms with Gasteiger partial charge in [0.2, 0.25) is 5.91 Å². The summed E-state index contributed by atoms with van der Waals surface area (Å²) in [6, 6.07) is 10.1. The Morgan fingerprint density at radius 3 is 2.68 bits per heavy atom. The number of hydrogen-bond acceptors (Lipinski definition) is 3. The zero-order valence-electron chi connectivity index (χ0n) is 11.1. The number of amides is 1. The number of carbonyl (C=O) groups is 2. The molecule has 0 bridgehead atoms. The number of esters is 1. The lowest BCUT2D eigenvalue weighted by Gasteiger charge is -2.37. The fraction of sp³-hybridized carbons (Fsp3) is 0.467. The second-order valence-electron chi connectivity index (χ2n) is 5.00. The van der Waals surface area contributed by atoms with Gasteiger partial charge in [-0.15, -0.1) is 0 Å². The molecule has 1 aromatic carbocycles. The zero-order valence-corrected chi connectivity index (χ0v) is 11.1. The summed E-state index contributed by atoms with van der Waals surface area (Å²) in [5.41, 5.74) is 1.03. The van der Waals surface area contributed by atoms with Crippen molar-refractivity contribution in [3.05, 3.63) is 35.9 Å². The van der Waals surface area contributed by atoms with Crippen LogP contribution in [0.3, 0.4) is 0 Å². The molecule has 4 heteroatoms. The van der Waals surface area contributed by atoms with Crippen molar-refractivity contribution in [2.75, 3.05) is 13.7 Å². The predicted octanol–water partition coefficient (Wildman–Crippen LogP) is 1.79. The maximum Gasteiger partial charge on any atom is 0.305 e. The van der Waals surface area contributed by atoms with Gasteiger partial charge in [-0.3, -0.25) is 9.59 Å². The number of carbonyl (C=O) groups excluding carboxylic acids is 2. The molecule has 2 rings (SSSR count). The standard InChI is InChI=1S/C15H19NO3/c1-19-14(18)8-10-15(9-7-13(17)16-11-15)12-5-3-2-4-6-12/h2-6H,7-11H2,1H3,(H,16,17). The summed E-state index contributed by atoms with van der Waals surface area (Å²) in [4.78, 5) is 22.8. The molecule has 1 aromatic rings. The van der Waals surface area contributed by atoms with Crippen molar-refractivity contribution in [3.63, 3.8) is 0 Å². The van der Waals surface area contributed by atoms with Gasteiger partial charge in [-0.05, 0) is 18.4 Å². The maximum absolute atomic E-state index is 11.4. The third kappa shape index (κ3) is 3.13. The summed E-state index contributed by atoms with van der Waals surface area (Å²) in [5.74, 6) is -0.114. The lowest BCUT2D eigenvalue weighted by Crippen LogP contribution is -2.46. The number of methoxy groups -OCH3 is 1. The van der Waals surface area contributed by atoms with Crippen LogP contribution in [0.25, 0.3) is 0 Å². The van der Waals surface area contributed by atoms with E-state index >= 15 is 0 Å². The van der Waals surface area contributed by atoms with Crippen LogP contribution in [0.5, 0.6) is 0 Å². The average Bonchev–Trinajstić information content (AvgIpc) is 2.47. The molecule has 0 aliphatic carbocycles. The molecular weight excluding hydrogens is 242 g/mol. The van der Waals surface area contributed by atoms with Crippen molar-refractivity contribution >= 4 is 11.9 Å². The van der Waals surface area contributed by atoms with Gasteiger partial charge in [-0.2, -0.15) is 0 Å². The predicted molar refractivity (Wildman–Crippen MR) is 71.6 cm³/mol. The minimum atomic E-state index is -0.202. The van der Waals surface area contributed by atoms with Crippen LogP contribution in [-0.2, 0) is 19.7 Å². The molecule has 1 fully saturated rings. The van der Waals surface area contributed by atoms with Crippen molar-refractivity contribution in [2.45, 2.75) is 31.1 Å². The highest BCUT2D eigenvalue weighted by atomic mass is 16.5. The third-order valence-corrected chi connectivity index (χ3v) is 3.88. The molecule has 1 N–H and O–H groups in total. The molecular formula is C15H19NO3. The number of hydrogen-bond donors (Lipinski definition) is 1. The number of nitrogens with one attached hydrogen (secondary N) is 1. The van der Waals surface area contributed by atoms with E-state index in [2.05, 4.69) is 17.4 Å². The Balaban J connectivity index is 2.18. The summed E-state index contributed by atoms with van der Waals surface area (Å²) in [5, 5.41) is 2.92. The summed E-state index contributed by atoms with van der Waals surface area (Å²) in [7, 11) is 1.40. The van der Waals surface area contributed by atoms with Gasteiger partial charge in [0, 0.05) is 24.8 Å². The fourth-order valence-electron chi connectivity index (χ4n) is 2.64. The van der Waals surface area contributed by atoms with Gasteiger partial charge in [0.05, 0.1) is 7.11 Å². The first-order valence-electron chi connectivity index (χ1n) is 6.55. The van der Waals surface area contributed by atoms with E-state index in [1.165, 1.54) is 12.7 Å². The summed E-state index contributed by atoms with van der Waals surface area (Å²) >= 11 is 0. The summed E-state index contributed by atoms with van der Waals surface area (Å²) in [6.45, 7) is 0.590. The second kappa shape index (κ2) is 5.87. The highest BCUT2D eigenvalue weighted by Gasteiger charge is 2.36. The van der Waals surface area contributed by atoms with Crippen LogP contribution in [0.1, 0.15) is 31.2 Å². The number of ether oxygens (including phenoxy) is 1. The van der Waals surface area contributed by atoms with Crippen molar-refractivity contribution in [1.82, 2.24) is 5.32 Å². The number of piperidine rings is 1. The first-order chi connectivity index (χ1) is 9.16. The van der Waals surface area contributed by atoms with E-state index in [0.717, 1.165) is 6.42 Å². The van der Waals surface area contributed by atoms with E-state index in [1.807, 2.05) is 18.2 Å². The minimum Gasteiger partial charge on any atom is -0.469 e. The van der Waals surface area contributed by atoms with E-state index in [1.54, 1.807) is 0 Å². The van der Waals surface area contributed by atoms with Crippen molar-refractivity contribution in [3.8, 4) is 0 Å². The highest BCUT2D eigenvalue weighted by molar-refractivity contribution is 5.77. The lowest BCUT2D eigenvalue weighted by atomic mass is 9.71. The lowest BCUT2D eigenvalue weighted by molar-refractivity contribution is -0.141. The highest BCUT2D eigenvalue weighted by Crippen LogP contribution is 2.36. The molecule has 1 unspecified atom stereocenters. The first-order valence-corrected chi connectivity index (χ1v) is 6.55. The molecule has 102 valence electrons. The molecule has 1 aliphatic heterocycles. The molecule has 0 aromatic heterocycles. The van der Waals surface area contributed by atoms with Crippen molar-refractivity contribution in [1.29, 1.82) is 0 Å². The van der Waals surface area contributed by atoms with E-state index in [-0.39, 0.29) is 17.3 Å². The monoisotopic (exact) mass is 261 g/mol. The molecule has 1 atom stereocenters. The first kappa shape index (κ1) is 13.6. The SMILES string of the molecule is COC(=O)CCC1(c2ccccc2)CCC(=O)NC1. The maximum atomic E-state index is 11.4. The van der Waals surface area contributed by atoms with Gasteiger partial charge in [-0.25, -0.2) is 0 Å². The Kier molecular flexibility index (Phi) is 4.20. The summed E-state index contributed by atoms with van der Waals surface area (Å²) < 4.78 is 4.72. The smallest absolute Gasteiger partial charge is 0.305 e. The molecule has 4 nitrogen and oxygen atoms in total. The second-order valence-corrected chi connectivity index (χ2v) is 5.00. The van der Waals surface area contributed by atoms with Crippen LogP contribution in [0.15, 0.2) is 30.3 Å². The Hall–Kier alpha value is -1.84. The topological polar surface area (TPSA) is 55.4 Å². The molecule has 1 amide bonds. The van der Waals surface area contributed by atoms with Crippen LogP contribution in [-0.4, -0.2) is 25.5 Å². The quantitative estimate of drug-likeness (QED) is 0.841. The molecule has 0 spiro atoms. The Morgan fingerprint density at radius 2 is 2.11 bits per heavy atom. The Labute approximate surface area is 113 Å². The number of benzene rings is 1. The van der Waals surface area contributed by atoms with Crippen LogP contribution in [0.2, 0.25) is 0 Å². The van der Waals surface area contributed by atoms with E-state index < -0.39 is 0 Å². The van der Waals surface area contributed by atoms with Crippen LogP contribution in [0.4, 0.5) is 0 Å². The van der Waals surface area contributed by atoms with E-state index in [9.17, 15) is 9.59 Å². The molecule has 0 saturated carbocycles. The number of rotatable bonds is 4. The fourth-order valence-corrected chi connectivity index (χ4v) is 2.64. The van der Waals surface area contributed by atoms with Gasteiger partial charge in [0.1, 0.15) is 0 Å². The third-order valence-electron chi connectivity index (χ3n) is 3.88. The van der Waals surface area contributed by atoms with Gasteiger partial charge < -0.3 is 10.1 Å². The molecule has 19 heavy (non-hydrogen) atoms. The van der Waals surface area contributed by atoms with Gasteiger partial charge in [-0.1, -0.05) is 30.3 Å². The summed E-state index contributed by atoms with van der Waals surface area (Å²) in [6.07, 6.45) is 2.36. The minimum absolute atomic E-state index is 0.0876.